The van der Waals surface area contributed by atoms with Crippen molar-refractivity contribution in [1.29, 1.82) is 0 Å². The van der Waals surface area contributed by atoms with E-state index < -0.39 is 6.43 Å². The van der Waals surface area contributed by atoms with Gasteiger partial charge in [-0.15, -0.1) is 0 Å². The van der Waals surface area contributed by atoms with Gasteiger partial charge in [0.25, 0.3) is 6.43 Å². The van der Waals surface area contributed by atoms with Gasteiger partial charge in [-0.3, -0.25) is 0 Å². The minimum Gasteiger partial charge on any atom is -0.399 e. The van der Waals surface area contributed by atoms with E-state index in [-0.39, 0.29) is 5.56 Å². The van der Waals surface area contributed by atoms with Crippen molar-refractivity contribution >= 4 is 11.4 Å². The average molecular weight is 283 g/mol. The van der Waals surface area contributed by atoms with Crippen LogP contribution in [-0.4, -0.2) is 31.6 Å². The fraction of sp³-hybridized carbons (Fsp3) is 0.600. The molecule has 20 heavy (non-hydrogen) atoms. The molecule has 1 fully saturated rings. The minimum atomic E-state index is -2.50. The Balaban J connectivity index is 1.85. The highest BCUT2D eigenvalue weighted by Gasteiger charge is 2.17. The zero-order valence-corrected chi connectivity index (χ0v) is 11.9. The molecule has 0 aliphatic carbocycles. The van der Waals surface area contributed by atoms with Gasteiger partial charge in [0, 0.05) is 23.5 Å². The van der Waals surface area contributed by atoms with Gasteiger partial charge in [-0.05, 0) is 63.5 Å². The number of rotatable bonds is 5. The fourth-order valence-corrected chi connectivity index (χ4v) is 2.68. The maximum absolute atomic E-state index is 12.9. The number of hydrogen-bond acceptors (Lipinski definition) is 3. The molecule has 0 unspecified atom stereocenters. The molecule has 1 heterocycles. The van der Waals surface area contributed by atoms with Gasteiger partial charge >= 0.3 is 0 Å². The lowest BCUT2D eigenvalue weighted by Gasteiger charge is -2.29. The number of alkyl halides is 2. The van der Waals surface area contributed by atoms with Gasteiger partial charge in [0.2, 0.25) is 0 Å². The third kappa shape index (κ3) is 4.07. The molecule has 0 spiro atoms. The summed E-state index contributed by atoms with van der Waals surface area (Å²) in [5.41, 5.74) is 6.43. The predicted octanol–water partition coefficient (Wildman–Crippen LogP) is 3.35. The lowest BCUT2D eigenvalue weighted by molar-refractivity contribution is 0.152. The lowest BCUT2D eigenvalue weighted by atomic mass is 9.94. The van der Waals surface area contributed by atoms with Crippen LogP contribution in [0.5, 0.6) is 0 Å². The number of likely N-dealkylation sites (tertiary alicyclic amines) is 1. The molecule has 2 rings (SSSR count). The van der Waals surface area contributed by atoms with Gasteiger partial charge in [0.1, 0.15) is 0 Å². The van der Waals surface area contributed by atoms with E-state index in [1.165, 1.54) is 18.9 Å². The molecule has 1 aliphatic rings. The van der Waals surface area contributed by atoms with E-state index in [4.69, 9.17) is 5.73 Å². The summed E-state index contributed by atoms with van der Waals surface area (Å²) < 4.78 is 25.9. The van der Waals surface area contributed by atoms with Gasteiger partial charge in [0.15, 0.2) is 0 Å². The second kappa shape index (κ2) is 6.88. The van der Waals surface area contributed by atoms with Crippen LogP contribution in [0.25, 0.3) is 0 Å². The van der Waals surface area contributed by atoms with Crippen molar-refractivity contribution in [3.05, 3.63) is 23.8 Å². The topological polar surface area (TPSA) is 41.3 Å². The van der Waals surface area contributed by atoms with E-state index >= 15 is 0 Å². The number of piperidine rings is 1. The normalized spacial score (nSPS) is 17.6. The number of halogens is 2. The summed E-state index contributed by atoms with van der Waals surface area (Å²) in [5.74, 6) is 0.697. The molecular weight excluding hydrogens is 260 g/mol. The Labute approximate surface area is 119 Å². The highest BCUT2D eigenvalue weighted by molar-refractivity contribution is 5.58. The predicted molar refractivity (Wildman–Crippen MR) is 79.1 cm³/mol. The van der Waals surface area contributed by atoms with Gasteiger partial charge in [-0.25, -0.2) is 8.78 Å². The maximum atomic E-state index is 12.9. The summed E-state index contributed by atoms with van der Waals surface area (Å²) in [6.07, 6.45) is 0.925. The molecule has 1 saturated heterocycles. The molecule has 5 heteroatoms. The molecule has 0 saturated carbocycles. The van der Waals surface area contributed by atoms with E-state index in [9.17, 15) is 8.78 Å². The highest BCUT2D eigenvalue weighted by atomic mass is 19.3. The Morgan fingerprint density at radius 2 is 2.05 bits per heavy atom. The van der Waals surface area contributed by atoms with E-state index in [0.29, 0.717) is 17.3 Å². The third-order valence-electron chi connectivity index (χ3n) is 4.02. The van der Waals surface area contributed by atoms with Crippen LogP contribution in [0.1, 0.15) is 31.3 Å². The molecule has 1 aliphatic heterocycles. The zero-order valence-electron chi connectivity index (χ0n) is 11.9. The smallest absolute Gasteiger partial charge is 0.265 e. The molecule has 1 aromatic carbocycles. The molecular formula is C15H23F2N3. The molecule has 112 valence electrons. The van der Waals surface area contributed by atoms with E-state index in [0.717, 1.165) is 26.1 Å². The number of hydrogen-bond donors (Lipinski definition) is 2. The molecule has 0 aromatic heterocycles. The number of nitrogen functional groups attached to an aromatic ring is 1. The third-order valence-corrected chi connectivity index (χ3v) is 4.02. The molecule has 3 nitrogen and oxygen atoms in total. The quantitative estimate of drug-likeness (QED) is 0.814. The molecule has 3 N–H and O–H groups in total. The first kappa shape index (κ1) is 15.0. The van der Waals surface area contributed by atoms with Crippen LogP contribution in [0.15, 0.2) is 18.2 Å². The van der Waals surface area contributed by atoms with Crippen LogP contribution in [0.4, 0.5) is 20.2 Å². The maximum Gasteiger partial charge on any atom is 0.265 e. The van der Waals surface area contributed by atoms with Gasteiger partial charge < -0.3 is 16.0 Å². The zero-order chi connectivity index (χ0) is 14.5. The Hall–Kier alpha value is -1.36. The number of nitrogens with zero attached hydrogens (tertiary/aromatic N) is 1. The molecule has 0 radical (unpaired) electrons. The van der Waals surface area contributed by atoms with Crippen LogP contribution in [0.3, 0.4) is 0 Å². The number of benzene rings is 1. The lowest BCUT2D eigenvalue weighted by Crippen LogP contribution is -2.30. The second-order valence-electron chi connectivity index (χ2n) is 5.61. The van der Waals surface area contributed by atoms with Crippen molar-refractivity contribution in [2.24, 2.45) is 5.92 Å². The molecule has 0 bridgehead atoms. The van der Waals surface area contributed by atoms with Crippen molar-refractivity contribution in [3.8, 4) is 0 Å². The highest BCUT2D eigenvalue weighted by Crippen LogP contribution is 2.29. The van der Waals surface area contributed by atoms with Crippen molar-refractivity contribution in [3.63, 3.8) is 0 Å². The van der Waals surface area contributed by atoms with Crippen molar-refractivity contribution in [2.75, 3.05) is 37.7 Å². The summed E-state index contributed by atoms with van der Waals surface area (Å²) in [7, 11) is 2.14. The summed E-state index contributed by atoms with van der Waals surface area (Å²) in [4.78, 5) is 2.33. The second-order valence-corrected chi connectivity index (χ2v) is 5.61. The first-order valence-electron chi connectivity index (χ1n) is 7.16. The monoisotopic (exact) mass is 283 g/mol. The van der Waals surface area contributed by atoms with Crippen molar-refractivity contribution < 1.29 is 8.78 Å². The Morgan fingerprint density at radius 1 is 1.35 bits per heavy atom. The molecule has 1 aromatic rings. The Kier molecular flexibility index (Phi) is 5.17. The minimum absolute atomic E-state index is 0.00613. The van der Waals surface area contributed by atoms with Crippen LogP contribution >= 0.6 is 0 Å². The molecule has 0 atom stereocenters. The van der Waals surface area contributed by atoms with Gasteiger partial charge in [0.05, 0.1) is 0 Å². The number of nitrogens with two attached hydrogens (primary N) is 1. The van der Waals surface area contributed by atoms with E-state index in [2.05, 4.69) is 17.3 Å². The standard InChI is InChI=1S/C15H23F2N3/c1-20-8-5-11(6-9-20)4-7-19-14-3-2-12(18)10-13(14)15(16)17/h2-3,10-11,15,19H,4-9,18H2,1H3. The first-order valence-corrected chi connectivity index (χ1v) is 7.16. The summed E-state index contributed by atoms with van der Waals surface area (Å²) in [5, 5.41) is 3.13. The largest absolute Gasteiger partial charge is 0.399 e. The summed E-state index contributed by atoms with van der Waals surface area (Å²) in [6.45, 7) is 3.00. The van der Waals surface area contributed by atoms with Crippen molar-refractivity contribution in [2.45, 2.75) is 25.7 Å². The van der Waals surface area contributed by atoms with Crippen molar-refractivity contribution in [1.82, 2.24) is 4.90 Å². The first-order chi connectivity index (χ1) is 9.56. The van der Waals surface area contributed by atoms with Gasteiger partial charge in [-0.1, -0.05) is 0 Å². The van der Waals surface area contributed by atoms with E-state index in [1.807, 2.05) is 0 Å². The van der Waals surface area contributed by atoms with Crippen LogP contribution in [0, 0.1) is 5.92 Å². The summed E-state index contributed by atoms with van der Waals surface area (Å²) in [6, 6.07) is 4.65. The van der Waals surface area contributed by atoms with Crippen LogP contribution in [0.2, 0.25) is 0 Å². The Morgan fingerprint density at radius 3 is 2.70 bits per heavy atom. The van der Waals surface area contributed by atoms with E-state index in [1.54, 1.807) is 12.1 Å². The Bertz CT molecular complexity index is 429. The number of anilines is 2. The van der Waals surface area contributed by atoms with Crippen LogP contribution in [-0.2, 0) is 0 Å². The van der Waals surface area contributed by atoms with Gasteiger partial charge in [-0.2, -0.15) is 0 Å². The summed E-state index contributed by atoms with van der Waals surface area (Å²) >= 11 is 0. The average Bonchev–Trinajstić information content (AvgIpc) is 2.42. The fourth-order valence-electron chi connectivity index (χ4n) is 2.68. The number of nitrogens with one attached hydrogen (secondary N) is 1. The molecule has 0 amide bonds. The van der Waals surface area contributed by atoms with Crippen LogP contribution < -0.4 is 11.1 Å². The SMILES string of the molecule is CN1CCC(CCNc2ccc(N)cc2C(F)F)CC1.